The maximum atomic E-state index is 13.0. The molecule has 1 N–H and O–H groups in total. The average Bonchev–Trinajstić information content (AvgIpc) is 2.34. The van der Waals surface area contributed by atoms with Crippen molar-refractivity contribution < 1.29 is 9.50 Å². The lowest BCUT2D eigenvalue weighted by Crippen LogP contribution is -1.87. The van der Waals surface area contributed by atoms with Crippen molar-refractivity contribution in [2.24, 2.45) is 0 Å². The Bertz CT molecular complexity index is 294. The lowest BCUT2D eigenvalue weighted by atomic mass is 10.1. The second-order valence-electron chi connectivity index (χ2n) is 2.92. The van der Waals surface area contributed by atoms with Gasteiger partial charge in [-0.2, -0.15) is 0 Å². The van der Waals surface area contributed by atoms with Gasteiger partial charge < -0.3 is 5.11 Å². The highest BCUT2D eigenvalue weighted by Crippen LogP contribution is 2.28. The molecule has 0 saturated heterocycles. The quantitative estimate of drug-likeness (QED) is 0.603. The smallest absolute Gasteiger partial charge is 0.130 e. The van der Waals surface area contributed by atoms with Crippen LogP contribution in [0.5, 0.6) is 5.75 Å². The van der Waals surface area contributed by atoms with Crippen molar-refractivity contribution in [3.05, 3.63) is 29.1 Å². The Hall–Kier alpha value is -1.05. The maximum absolute atomic E-state index is 13.0. The van der Waals surface area contributed by atoms with Gasteiger partial charge in [-0.3, -0.25) is 0 Å². The Morgan fingerprint density at radius 2 is 2.09 bits per heavy atom. The van der Waals surface area contributed by atoms with Gasteiger partial charge in [-0.1, -0.05) is 0 Å². The zero-order chi connectivity index (χ0) is 7.84. The first-order valence-corrected chi connectivity index (χ1v) is 3.77. The second kappa shape index (κ2) is 2.22. The number of hydrogen-bond acceptors (Lipinski definition) is 1. The monoisotopic (exact) mass is 152 g/mol. The summed E-state index contributed by atoms with van der Waals surface area (Å²) < 4.78 is 13.0. The summed E-state index contributed by atoms with van der Waals surface area (Å²) in [6, 6.07) is 2.84. The fourth-order valence-electron chi connectivity index (χ4n) is 1.64. The van der Waals surface area contributed by atoms with Crippen LogP contribution in [0, 0.1) is 5.82 Å². The molecule has 1 aromatic carbocycles. The van der Waals surface area contributed by atoms with Crippen molar-refractivity contribution in [3.63, 3.8) is 0 Å². The van der Waals surface area contributed by atoms with Crippen molar-refractivity contribution in [1.82, 2.24) is 0 Å². The number of benzene rings is 1. The molecule has 2 heteroatoms. The molecule has 0 spiro atoms. The Balaban J connectivity index is 2.60. The molecule has 0 aromatic heterocycles. The summed E-state index contributed by atoms with van der Waals surface area (Å²) in [4.78, 5) is 0. The van der Waals surface area contributed by atoms with Crippen LogP contribution in [-0.2, 0) is 12.8 Å². The number of aromatic hydroxyl groups is 1. The van der Waals surface area contributed by atoms with Crippen LogP contribution in [0.15, 0.2) is 12.1 Å². The summed E-state index contributed by atoms with van der Waals surface area (Å²) in [6.45, 7) is 0. The fraction of sp³-hybridized carbons (Fsp3) is 0.333. The van der Waals surface area contributed by atoms with E-state index in [1.807, 2.05) is 0 Å². The molecule has 0 bridgehead atoms. The minimum Gasteiger partial charge on any atom is -0.508 e. The molecule has 0 radical (unpaired) electrons. The predicted molar refractivity (Wildman–Crippen MR) is 40.1 cm³/mol. The van der Waals surface area contributed by atoms with Crippen LogP contribution in [0.25, 0.3) is 0 Å². The van der Waals surface area contributed by atoms with E-state index < -0.39 is 0 Å². The molecule has 1 aliphatic rings. The summed E-state index contributed by atoms with van der Waals surface area (Å²) in [5.74, 6) is -0.208. The zero-order valence-corrected chi connectivity index (χ0v) is 6.10. The zero-order valence-electron chi connectivity index (χ0n) is 6.10. The van der Waals surface area contributed by atoms with E-state index in [9.17, 15) is 4.39 Å². The molecule has 0 atom stereocenters. The summed E-state index contributed by atoms with van der Waals surface area (Å²) >= 11 is 0. The Kier molecular flexibility index (Phi) is 1.34. The number of rotatable bonds is 0. The van der Waals surface area contributed by atoms with E-state index in [1.54, 1.807) is 6.07 Å². The van der Waals surface area contributed by atoms with Gasteiger partial charge in [0.1, 0.15) is 11.6 Å². The van der Waals surface area contributed by atoms with E-state index in [0.29, 0.717) is 0 Å². The van der Waals surface area contributed by atoms with Crippen molar-refractivity contribution in [2.45, 2.75) is 19.3 Å². The van der Waals surface area contributed by atoms with Crippen LogP contribution in [0.4, 0.5) is 4.39 Å². The summed E-state index contributed by atoms with van der Waals surface area (Å²) in [5.41, 5.74) is 1.77. The second-order valence-corrected chi connectivity index (χ2v) is 2.92. The molecule has 0 aliphatic heterocycles. The number of halogens is 1. The normalized spacial score (nSPS) is 15.0. The number of phenolic OH excluding ortho intramolecular Hbond substituents is 1. The highest BCUT2D eigenvalue weighted by molar-refractivity contribution is 5.38. The van der Waals surface area contributed by atoms with E-state index in [-0.39, 0.29) is 11.6 Å². The van der Waals surface area contributed by atoms with Crippen molar-refractivity contribution >= 4 is 0 Å². The van der Waals surface area contributed by atoms with Crippen molar-refractivity contribution in [3.8, 4) is 5.75 Å². The van der Waals surface area contributed by atoms with Crippen LogP contribution in [0.2, 0.25) is 0 Å². The first kappa shape index (κ1) is 6.65. The van der Waals surface area contributed by atoms with E-state index in [2.05, 4.69) is 0 Å². The first-order valence-electron chi connectivity index (χ1n) is 3.77. The van der Waals surface area contributed by atoms with Gasteiger partial charge in [0.25, 0.3) is 0 Å². The third kappa shape index (κ3) is 0.985. The van der Waals surface area contributed by atoms with Gasteiger partial charge in [0.2, 0.25) is 0 Å². The summed E-state index contributed by atoms with van der Waals surface area (Å²) in [5, 5.41) is 9.04. The Labute approximate surface area is 64.5 Å². The lowest BCUT2D eigenvalue weighted by molar-refractivity contribution is 0.467. The van der Waals surface area contributed by atoms with Gasteiger partial charge >= 0.3 is 0 Å². The molecule has 1 nitrogen and oxygen atoms in total. The first-order chi connectivity index (χ1) is 5.27. The van der Waals surface area contributed by atoms with Crippen molar-refractivity contribution in [1.29, 1.82) is 0 Å². The highest BCUT2D eigenvalue weighted by atomic mass is 19.1. The van der Waals surface area contributed by atoms with Gasteiger partial charge in [0, 0.05) is 6.07 Å². The van der Waals surface area contributed by atoms with E-state index >= 15 is 0 Å². The molecule has 1 aromatic rings. The fourth-order valence-corrected chi connectivity index (χ4v) is 1.64. The van der Waals surface area contributed by atoms with Gasteiger partial charge in [-0.05, 0) is 36.5 Å². The van der Waals surface area contributed by atoms with E-state index in [4.69, 9.17) is 5.11 Å². The van der Waals surface area contributed by atoms with Crippen LogP contribution in [-0.4, -0.2) is 5.11 Å². The molecule has 0 fully saturated rings. The van der Waals surface area contributed by atoms with Crippen LogP contribution < -0.4 is 0 Å². The minimum atomic E-state index is -0.252. The maximum Gasteiger partial charge on any atom is 0.130 e. The molecule has 2 rings (SSSR count). The summed E-state index contributed by atoms with van der Waals surface area (Å²) in [7, 11) is 0. The molecule has 0 unspecified atom stereocenters. The molecule has 1 aliphatic carbocycles. The standard InChI is InChI=1S/C9H9FO/c10-9-5-7(11)4-6-2-1-3-8(6)9/h4-5,11H,1-3H2. The number of hydrogen-bond donors (Lipinski definition) is 1. The molecular weight excluding hydrogens is 143 g/mol. The van der Waals surface area contributed by atoms with Crippen molar-refractivity contribution in [2.75, 3.05) is 0 Å². The molecular formula is C9H9FO. The number of fused-ring (bicyclic) bond motifs is 1. The molecule has 0 saturated carbocycles. The Morgan fingerprint density at radius 1 is 1.27 bits per heavy atom. The Morgan fingerprint density at radius 3 is 2.91 bits per heavy atom. The van der Waals surface area contributed by atoms with Crippen LogP contribution in [0.1, 0.15) is 17.5 Å². The average molecular weight is 152 g/mol. The van der Waals surface area contributed by atoms with E-state index in [1.165, 1.54) is 6.07 Å². The molecule has 0 heterocycles. The van der Waals surface area contributed by atoms with Crippen LogP contribution >= 0.6 is 0 Å². The molecule has 0 amide bonds. The molecule has 58 valence electrons. The van der Waals surface area contributed by atoms with Gasteiger partial charge in [-0.25, -0.2) is 4.39 Å². The summed E-state index contributed by atoms with van der Waals surface area (Å²) in [6.07, 6.45) is 2.73. The topological polar surface area (TPSA) is 20.2 Å². The highest BCUT2D eigenvalue weighted by Gasteiger charge is 2.15. The number of aryl methyl sites for hydroxylation is 1. The number of phenols is 1. The van der Waals surface area contributed by atoms with Gasteiger partial charge in [0.15, 0.2) is 0 Å². The van der Waals surface area contributed by atoms with Crippen LogP contribution in [0.3, 0.4) is 0 Å². The lowest BCUT2D eigenvalue weighted by Gasteiger charge is -2.00. The van der Waals surface area contributed by atoms with Gasteiger partial charge in [-0.15, -0.1) is 0 Å². The van der Waals surface area contributed by atoms with Gasteiger partial charge in [0.05, 0.1) is 0 Å². The van der Waals surface area contributed by atoms with E-state index in [0.717, 1.165) is 30.4 Å². The largest absolute Gasteiger partial charge is 0.508 e. The minimum absolute atomic E-state index is 0.0446. The SMILES string of the molecule is Oc1cc(F)c2c(c1)CCC2. The third-order valence-corrected chi connectivity index (χ3v) is 2.15. The third-order valence-electron chi connectivity index (χ3n) is 2.15. The molecule has 11 heavy (non-hydrogen) atoms. The predicted octanol–water partition coefficient (Wildman–Crippen LogP) is 2.02.